The molecule has 1 heterocycles. The number of halogens is 1. The fraction of sp³-hybridized carbons (Fsp3) is 0.167. The fourth-order valence-corrected chi connectivity index (χ4v) is 0.916. The molecule has 0 fully saturated rings. The van der Waals surface area contributed by atoms with E-state index in [2.05, 4.69) is 4.98 Å². The molecule has 1 rings (SSSR count). The van der Waals surface area contributed by atoms with E-state index in [4.69, 9.17) is 11.6 Å². The van der Waals surface area contributed by atoms with Crippen molar-refractivity contribution < 1.29 is 4.92 Å². The van der Waals surface area contributed by atoms with Gasteiger partial charge in [-0.05, 0) is 11.0 Å². The van der Waals surface area contributed by atoms with Crippen LogP contribution in [0.1, 0.15) is 5.56 Å². The molecular formula is C6H5ClN2O3. The first-order valence-electron chi connectivity index (χ1n) is 3.07. The van der Waals surface area contributed by atoms with E-state index in [0.29, 0.717) is 5.56 Å². The number of hydrogen-bond acceptors (Lipinski definition) is 3. The molecule has 12 heavy (non-hydrogen) atoms. The largest absolute Gasteiger partial charge is 0.358 e. The minimum Gasteiger partial charge on any atom is -0.358 e. The lowest BCUT2D eigenvalue weighted by molar-refractivity contribution is -0.389. The van der Waals surface area contributed by atoms with Crippen LogP contribution in [-0.4, -0.2) is 9.91 Å². The molecule has 0 amide bonds. The summed E-state index contributed by atoms with van der Waals surface area (Å²) in [5.41, 5.74) is -0.193. The second kappa shape index (κ2) is 3.36. The molecule has 1 N–H and O–H groups in total. The maximum absolute atomic E-state index is 10.9. The number of hydrogen-bond donors (Lipinski definition) is 1. The van der Waals surface area contributed by atoms with Crippen LogP contribution in [0.5, 0.6) is 0 Å². The lowest BCUT2D eigenvalue weighted by Gasteiger charge is -1.93. The van der Waals surface area contributed by atoms with Crippen molar-refractivity contribution in [2.45, 2.75) is 5.88 Å². The molecule has 0 unspecified atom stereocenters. The molecule has 64 valence electrons. The van der Waals surface area contributed by atoms with Gasteiger partial charge < -0.3 is 10.1 Å². The topological polar surface area (TPSA) is 76.0 Å². The highest BCUT2D eigenvalue weighted by atomic mass is 35.5. The normalized spacial score (nSPS) is 9.75. The number of pyridine rings is 1. The highest BCUT2D eigenvalue weighted by Gasteiger charge is 2.06. The summed E-state index contributed by atoms with van der Waals surface area (Å²) in [5, 5.41) is 10.2. The Morgan fingerprint density at radius 1 is 1.58 bits per heavy atom. The van der Waals surface area contributed by atoms with Gasteiger partial charge in [0.1, 0.15) is 0 Å². The Bertz CT molecular complexity index is 360. The van der Waals surface area contributed by atoms with Crippen molar-refractivity contribution in [3.8, 4) is 0 Å². The maximum Gasteiger partial charge on any atom is 0.336 e. The van der Waals surface area contributed by atoms with Gasteiger partial charge in [0.05, 0.1) is 11.4 Å². The average Bonchev–Trinajstić information content (AvgIpc) is 2.04. The Labute approximate surface area is 72.1 Å². The lowest BCUT2D eigenvalue weighted by Crippen LogP contribution is -2.12. The Morgan fingerprint density at radius 3 is 2.67 bits per heavy atom. The summed E-state index contributed by atoms with van der Waals surface area (Å²) in [6.07, 6.45) is 0. The van der Waals surface area contributed by atoms with E-state index >= 15 is 0 Å². The van der Waals surface area contributed by atoms with E-state index in [1.165, 1.54) is 12.1 Å². The van der Waals surface area contributed by atoms with E-state index in [1.54, 1.807) is 0 Å². The summed E-state index contributed by atoms with van der Waals surface area (Å²) in [6, 6.07) is 2.54. The predicted octanol–water partition coefficient (Wildman–Crippen LogP) is 1.02. The zero-order valence-corrected chi connectivity index (χ0v) is 6.67. The molecule has 6 heteroatoms. The van der Waals surface area contributed by atoms with Gasteiger partial charge >= 0.3 is 11.4 Å². The standard InChI is InChI=1S/C6H5ClN2O3/c7-3-4-1-2-5(9(11)12)8-6(4)10/h1-2H,3H2,(H,8,10). The van der Waals surface area contributed by atoms with Crippen LogP contribution < -0.4 is 5.56 Å². The van der Waals surface area contributed by atoms with Crippen molar-refractivity contribution in [3.05, 3.63) is 38.2 Å². The number of nitro groups is 1. The quantitative estimate of drug-likeness (QED) is 0.428. The van der Waals surface area contributed by atoms with E-state index in [1.807, 2.05) is 0 Å². The molecular weight excluding hydrogens is 184 g/mol. The number of aromatic nitrogens is 1. The Kier molecular flexibility index (Phi) is 2.44. The summed E-state index contributed by atoms with van der Waals surface area (Å²) >= 11 is 5.37. The molecule has 0 atom stereocenters. The third kappa shape index (κ3) is 1.62. The van der Waals surface area contributed by atoms with Crippen molar-refractivity contribution in [1.82, 2.24) is 4.98 Å². The van der Waals surface area contributed by atoms with Crippen molar-refractivity contribution in [3.63, 3.8) is 0 Å². The van der Waals surface area contributed by atoms with Gasteiger partial charge in [0.2, 0.25) is 0 Å². The monoisotopic (exact) mass is 188 g/mol. The second-order valence-electron chi connectivity index (χ2n) is 2.09. The van der Waals surface area contributed by atoms with E-state index in [0.717, 1.165) is 0 Å². The van der Waals surface area contributed by atoms with Gasteiger partial charge in [-0.25, -0.2) is 9.78 Å². The van der Waals surface area contributed by atoms with Crippen molar-refractivity contribution in [2.24, 2.45) is 0 Å². The Balaban J connectivity index is 3.19. The maximum atomic E-state index is 10.9. The van der Waals surface area contributed by atoms with E-state index in [9.17, 15) is 14.9 Å². The highest BCUT2D eigenvalue weighted by Crippen LogP contribution is 2.04. The van der Waals surface area contributed by atoms with Gasteiger partial charge in [0, 0.05) is 6.07 Å². The molecule has 0 saturated carbocycles. The minimum absolute atomic E-state index is 0.0489. The van der Waals surface area contributed by atoms with E-state index in [-0.39, 0.29) is 11.7 Å². The molecule has 0 aliphatic rings. The zero-order valence-electron chi connectivity index (χ0n) is 5.91. The number of rotatable bonds is 2. The predicted molar refractivity (Wildman–Crippen MR) is 43.3 cm³/mol. The number of H-pyrrole nitrogens is 1. The molecule has 1 aromatic heterocycles. The number of nitrogens with zero attached hydrogens (tertiary/aromatic N) is 1. The molecule has 0 aliphatic carbocycles. The van der Waals surface area contributed by atoms with Gasteiger partial charge in [0.15, 0.2) is 0 Å². The van der Waals surface area contributed by atoms with Crippen LogP contribution in [-0.2, 0) is 5.88 Å². The van der Waals surface area contributed by atoms with Gasteiger partial charge in [-0.3, -0.25) is 0 Å². The Hall–Kier alpha value is -1.36. The zero-order chi connectivity index (χ0) is 9.14. The SMILES string of the molecule is O=c1[nH]c([N+](=O)[O-])ccc1CCl. The number of aromatic amines is 1. The third-order valence-electron chi connectivity index (χ3n) is 1.32. The van der Waals surface area contributed by atoms with Crippen LogP contribution in [0, 0.1) is 10.1 Å². The van der Waals surface area contributed by atoms with Crippen LogP contribution in [0.2, 0.25) is 0 Å². The second-order valence-corrected chi connectivity index (χ2v) is 2.36. The molecule has 0 aromatic carbocycles. The fourth-order valence-electron chi connectivity index (χ4n) is 0.705. The minimum atomic E-state index is -0.667. The first kappa shape index (κ1) is 8.73. The molecule has 0 saturated heterocycles. The lowest BCUT2D eigenvalue weighted by atomic mass is 10.3. The molecule has 0 radical (unpaired) electrons. The van der Waals surface area contributed by atoms with Crippen LogP contribution in [0.3, 0.4) is 0 Å². The van der Waals surface area contributed by atoms with Crippen LogP contribution in [0.4, 0.5) is 5.82 Å². The van der Waals surface area contributed by atoms with Gasteiger partial charge in [0.25, 0.3) is 0 Å². The van der Waals surface area contributed by atoms with Crippen molar-refractivity contribution >= 4 is 17.4 Å². The highest BCUT2D eigenvalue weighted by molar-refractivity contribution is 6.17. The van der Waals surface area contributed by atoms with Gasteiger partial charge in [-0.15, -0.1) is 11.6 Å². The van der Waals surface area contributed by atoms with Crippen molar-refractivity contribution in [1.29, 1.82) is 0 Å². The first-order valence-corrected chi connectivity index (χ1v) is 3.61. The van der Waals surface area contributed by atoms with E-state index < -0.39 is 10.5 Å². The molecule has 0 aliphatic heterocycles. The molecule has 0 spiro atoms. The van der Waals surface area contributed by atoms with Crippen molar-refractivity contribution in [2.75, 3.05) is 0 Å². The number of nitrogens with one attached hydrogen (secondary N) is 1. The molecule has 5 nitrogen and oxygen atoms in total. The van der Waals surface area contributed by atoms with Gasteiger partial charge in [-0.2, -0.15) is 0 Å². The molecule has 1 aromatic rings. The third-order valence-corrected chi connectivity index (χ3v) is 1.60. The van der Waals surface area contributed by atoms with Crippen LogP contribution in [0.15, 0.2) is 16.9 Å². The smallest absolute Gasteiger partial charge is 0.336 e. The van der Waals surface area contributed by atoms with Gasteiger partial charge in [-0.1, -0.05) is 0 Å². The summed E-state index contributed by atoms with van der Waals surface area (Å²) in [5.74, 6) is -0.276. The molecule has 0 bridgehead atoms. The van der Waals surface area contributed by atoms with Crippen LogP contribution in [0.25, 0.3) is 0 Å². The summed E-state index contributed by atoms with van der Waals surface area (Å²) in [4.78, 5) is 22.5. The van der Waals surface area contributed by atoms with Crippen LogP contribution >= 0.6 is 11.6 Å². The summed E-state index contributed by atoms with van der Waals surface area (Å²) in [7, 11) is 0. The average molecular weight is 189 g/mol. The number of alkyl halides is 1. The summed E-state index contributed by atoms with van der Waals surface area (Å²) < 4.78 is 0. The summed E-state index contributed by atoms with van der Waals surface area (Å²) in [6.45, 7) is 0. The first-order chi connectivity index (χ1) is 5.65. The Morgan fingerprint density at radius 2 is 2.25 bits per heavy atom.